The van der Waals surface area contributed by atoms with Crippen LogP contribution in [0.4, 0.5) is 5.82 Å². The number of hydrogen-bond acceptors (Lipinski definition) is 5. The topological polar surface area (TPSA) is 58.0 Å². The van der Waals surface area contributed by atoms with E-state index in [0.717, 1.165) is 35.9 Å². The molecule has 0 radical (unpaired) electrons. The molecule has 2 saturated carbocycles. The van der Waals surface area contributed by atoms with Gasteiger partial charge >= 0.3 is 0 Å². The van der Waals surface area contributed by atoms with Crippen molar-refractivity contribution in [2.45, 2.75) is 56.3 Å². The number of aryl methyl sites for hydroxylation is 1. The van der Waals surface area contributed by atoms with E-state index in [1.165, 1.54) is 12.8 Å². The summed E-state index contributed by atoms with van der Waals surface area (Å²) in [7, 11) is 0. The highest BCUT2D eigenvalue weighted by atomic mass is 32.2. The van der Waals surface area contributed by atoms with Gasteiger partial charge in [0, 0.05) is 29.5 Å². The fraction of sp³-hybridized carbons (Fsp3) is 0.733. The van der Waals surface area contributed by atoms with Gasteiger partial charge in [0.15, 0.2) is 0 Å². The van der Waals surface area contributed by atoms with Gasteiger partial charge in [0.05, 0.1) is 5.60 Å². The minimum atomic E-state index is -0.570. The average Bonchev–Trinajstić information content (AvgIpc) is 3.25. The SMILES string of the molecule is CCS[C@@H]1CC[C@@]1(O)CNc1cc(C)nc(C2CC2)n1. The lowest BCUT2D eigenvalue weighted by Gasteiger charge is -2.45. The molecule has 4 nitrogen and oxygen atoms in total. The van der Waals surface area contributed by atoms with E-state index >= 15 is 0 Å². The van der Waals surface area contributed by atoms with Crippen molar-refractivity contribution in [3.63, 3.8) is 0 Å². The van der Waals surface area contributed by atoms with Crippen molar-refractivity contribution in [2.24, 2.45) is 0 Å². The largest absolute Gasteiger partial charge is 0.387 e. The van der Waals surface area contributed by atoms with Crippen molar-refractivity contribution in [1.82, 2.24) is 9.97 Å². The highest BCUT2D eigenvalue weighted by Crippen LogP contribution is 2.41. The van der Waals surface area contributed by atoms with Crippen molar-refractivity contribution in [3.8, 4) is 0 Å². The molecule has 2 atom stereocenters. The number of hydrogen-bond donors (Lipinski definition) is 2. The maximum atomic E-state index is 10.6. The van der Waals surface area contributed by atoms with Gasteiger partial charge in [0.2, 0.25) is 0 Å². The molecule has 2 aliphatic carbocycles. The predicted octanol–water partition coefficient (Wildman–Crippen LogP) is 2.72. The molecule has 3 rings (SSSR count). The van der Waals surface area contributed by atoms with Crippen LogP contribution in [0.15, 0.2) is 6.07 Å². The molecule has 1 aromatic heterocycles. The molecule has 1 heterocycles. The number of thioether (sulfide) groups is 1. The number of anilines is 1. The Morgan fingerprint density at radius 2 is 2.20 bits per heavy atom. The van der Waals surface area contributed by atoms with Gasteiger partial charge in [0.1, 0.15) is 11.6 Å². The first kappa shape index (κ1) is 14.1. The third-order valence-electron chi connectivity index (χ3n) is 4.20. The van der Waals surface area contributed by atoms with Crippen molar-refractivity contribution in [3.05, 3.63) is 17.6 Å². The second-order valence-electron chi connectivity index (χ2n) is 5.97. The van der Waals surface area contributed by atoms with E-state index < -0.39 is 5.60 Å². The molecular weight excluding hydrogens is 270 g/mol. The lowest BCUT2D eigenvalue weighted by Crippen LogP contribution is -2.54. The Balaban J connectivity index is 1.63. The maximum absolute atomic E-state index is 10.6. The summed E-state index contributed by atoms with van der Waals surface area (Å²) in [6.07, 6.45) is 4.42. The van der Waals surface area contributed by atoms with Crippen LogP contribution >= 0.6 is 11.8 Å². The number of nitrogens with zero attached hydrogens (tertiary/aromatic N) is 2. The van der Waals surface area contributed by atoms with Gasteiger partial charge in [-0.3, -0.25) is 0 Å². The number of aliphatic hydroxyl groups is 1. The summed E-state index contributed by atoms with van der Waals surface area (Å²) in [5.74, 6) is 3.45. The molecular formula is C15H23N3OS. The van der Waals surface area contributed by atoms with E-state index in [1.807, 2.05) is 24.8 Å². The van der Waals surface area contributed by atoms with E-state index in [4.69, 9.17) is 0 Å². The van der Waals surface area contributed by atoms with Gasteiger partial charge in [0.25, 0.3) is 0 Å². The lowest BCUT2D eigenvalue weighted by atomic mass is 9.79. The Hall–Kier alpha value is -0.810. The van der Waals surface area contributed by atoms with Crippen LogP contribution in [-0.4, -0.2) is 38.2 Å². The molecule has 2 N–H and O–H groups in total. The van der Waals surface area contributed by atoms with E-state index in [0.29, 0.717) is 17.7 Å². The Kier molecular flexibility index (Phi) is 3.91. The zero-order chi connectivity index (χ0) is 14.2. The quantitative estimate of drug-likeness (QED) is 0.844. The number of nitrogens with one attached hydrogen (secondary N) is 1. The smallest absolute Gasteiger partial charge is 0.134 e. The van der Waals surface area contributed by atoms with Crippen molar-refractivity contribution in [2.75, 3.05) is 17.6 Å². The van der Waals surface area contributed by atoms with Gasteiger partial charge < -0.3 is 10.4 Å². The zero-order valence-corrected chi connectivity index (χ0v) is 13.0. The molecule has 2 aliphatic rings. The number of aromatic nitrogens is 2. The monoisotopic (exact) mass is 293 g/mol. The van der Waals surface area contributed by atoms with Gasteiger partial charge in [-0.15, -0.1) is 0 Å². The second kappa shape index (κ2) is 5.53. The zero-order valence-electron chi connectivity index (χ0n) is 12.2. The summed E-state index contributed by atoms with van der Waals surface area (Å²) in [6, 6.07) is 1.97. The fourth-order valence-corrected chi connectivity index (χ4v) is 3.89. The van der Waals surface area contributed by atoms with E-state index in [1.54, 1.807) is 0 Å². The van der Waals surface area contributed by atoms with Crippen LogP contribution in [0.2, 0.25) is 0 Å². The van der Waals surface area contributed by atoms with Crippen molar-refractivity contribution >= 4 is 17.6 Å². The van der Waals surface area contributed by atoms with Crippen molar-refractivity contribution in [1.29, 1.82) is 0 Å². The Morgan fingerprint density at radius 3 is 2.80 bits per heavy atom. The van der Waals surface area contributed by atoms with Crippen LogP contribution in [0.3, 0.4) is 0 Å². The standard InChI is InChI=1S/C15H23N3OS/c1-3-20-12-6-7-15(12,19)9-16-13-8-10(2)17-14(18-13)11-4-5-11/h8,11-12,19H,3-7,9H2,1-2H3,(H,16,17,18)/t12-,15-/m1/s1. The molecule has 2 fully saturated rings. The van der Waals surface area contributed by atoms with Gasteiger partial charge in [-0.1, -0.05) is 6.92 Å². The first-order valence-electron chi connectivity index (χ1n) is 7.54. The summed E-state index contributed by atoms with van der Waals surface area (Å²) in [6.45, 7) is 4.74. The van der Waals surface area contributed by atoms with Gasteiger partial charge in [-0.05, 0) is 38.4 Å². The first-order chi connectivity index (χ1) is 9.60. The molecule has 0 spiro atoms. The molecule has 1 aromatic rings. The third-order valence-corrected chi connectivity index (χ3v) is 5.61. The van der Waals surface area contributed by atoms with E-state index in [2.05, 4.69) is 22.2 Å². The highest BCUT2D eigenvalue weighted by molar-refractivity contribution is 8.00. The van der Waals surface area contributed by atoms with Crippen LogP contribution in [0, 0.1) is 6.92 Å². The predicted molar refractivity (Wildman–Crippen MR) is 83.3 cm³/mol. The first-order valence-corrected chi connectivity index (χ1v) is 8.59. The fourth-order valence-electron chi connectivity index (χ4n) is 2.69. The van der Waals surface area contributed by atoms with Gasteiger partial charge in [-0.2, -0.15) is 11.8 Å². The lowest BCUT2D eigenvalue weighted by molar-refractivity contribution is -0.0120. The molecule has 110 valence electrons. The number of rotatable bonds is 6. The molecule has 0 unspecified atom stereocenters. The van der Waals surface area contributed by atoms with Gasteiger partial charge in [-0.25, -0.2) is 9.97 Å². The molecule has 0 bridgehead atoms. The van der Waals surface area contributed by atoms with Crippen LogP contribution in [0.5, 0.6) is 0 Å². The molecule has 0 aliphatic heterocycles. The van der Waals surface area contributed by atoms with E-state index in [-0.39, 0.29) is 0 Å². The van der Waals surface area contributed by atoms with Crippen LogP contribution in [-0.2, 0) is 0 Å². The normalized spacial score (nSPS) is 29.1. The van der Waals surface area contributed by atoms with Crippen LogP contribution < -0.4 is 5.32 Å². The summed E-state index contributed by atoms with van der Waals surface area (Å²) < 4.78 is 0. The summed E-state index contributed by atoms with van der Waals surface area (Å²) in [4.78, 5) is 9.09. The Bertz CT molecular complexity index is 492. The molecule has 0 amide bonds. The summed E-state index contributed by atoms with van der Waals surface area (Å²) in [5, 5.41) is 14.3. The average molecular weight is 293 g/mol. The Labute approximate surface area is 124 Å². The molecule has 0 aromatic carbocycles. The van der Waals surface area contributed by atoms with Crippen molar-refractivity contribution < 1.29 is 5.11 Å². The highest BCUT2D eigenvalue weighted by Gasteiger charge is 2.45. The molecule has 5 heteroatoms. The van der Waals surface area contributed by atoms with Crippen LogP contribution in [0.25, 0.3) is 0 Å². The second-order valence-corrected chi connectivity index (χ2v) is 7.45. The molecule has 0 saturated heterocycles. The summed E-state index contributed by atoms with van der Waals surface area (Å²) >= 11 is 1.86. The Morgan fingerprint density at radius 1 is 1.40 bits per heavy atom. The minimum absolute atomic E-state index is 0.367. The molecule has 20 heavy (non-hydrogen) atoms. The summed E-state index contributed by atoms with van der Waals surface area (Å²) in [5.41, 5.74) is 0.434. The van der Waals surface area contributed by atoms with Crippen LogP contribution in [0.1, 0.15) is 50.0 Å². The van der Waals surface area contributed by atoms with E-state index in [9.17, 15) is 5.11 Å². The maximum Gasteiger partial charge on any atom is 0.134 e. The minimum Gasteiger partial charge on any atom is -0.387 e. The third kappa shape index (κ3) is 2.93.